The maximum atomic E-state index is 13.3. The number of carbonyl (C=O) groups excluding carboxylic acids is 1. The van der Waals surface area contributed by atoms with E-state index >= 15 is 0 Å². The molecule has 0 amide bonds. The van der Waals surface area contributed by atoms with Gasteiger partial charge in [-0.1, -0.05) is 18.2 Å². The van der Waals surface area contributed by atoms with Crippen molar-refractivity contribution in [3.8, 4) is 23.0 Å². The van der Waals surface area contributed by atoms with Crippen LogP contribution in [-0.4, -0.2) is 36.6 Å². The standard InChI is InChI=1S/C26H24N2O5/c1-16-10-21-19(14-28(15-32-21)13-17-6-5-9-27-12-17)26-23(16)24(29)22(33-26)11-18-7-4-8-20(30-2)25(18)31-3/h4-12H,13-15H2,1-3H3/b22-11-. The molecule has 0 aliphatic carbocycles. The van der Waals surface area contributed by atoms with Gasteiger partial charge in [-0.3, -0.25) is 14.7 Å². The van der Waals surface area contributed by atoms with E-state index in [-0.39, 0.29) is 11.5 Å². The topological polar surface area (TPSA) is 70.1 Å². The lowest BCUT2D eigenvalue weighted by molar-refractivity contribution is 0.0871. The Labute approximate surface area is 192 Å². The van der Waals surface area contributed by atoms with Gasteiger partial charge in [0.05, 0.1) is 25.3 Å². The molecule has 3 heterocycles. The van der Waals surface area contributed by atoms with Crippen molar-refractivity contribution in [3.63, 3.8) is 0 Å². The largest absolute Gasteiger partial charge is 0.493 e. The van der Waals surface area contributed by atoms with Crippen molar-refractivity contribution in [2.24, 2.45) is 0 Å². The summed E-state index contributed by atoms with van der Waals surface area (Å²) in [5.74, 6) is 2.55. The average molecular weight is 444 g/mol. The van der Waals surface area contributed by atoms with Crippen LogP contribution in [0.3, 0.4) is 0 Å². The van der Waals surface area contributed by atoms with E-state index in [1.807, 2.05) is 49.5 Å². The van der Waals surface area contributed by atoms with E-state index in [1.54, 1.807) is 26.5 Å². The Morgan fingerprint density at radius 2 is 2.06 bits per heavy atom. The number of allylic oxidation sites excluding steroid dienone is 1. The molecule has 0 radical (unpaired) electrons. The number of ketones is 1. The Hall–Kier alpha value is -3.84. The first-order valence-corrected chi connectivity index (χ1v) is 10.6. The summed E-state index contributed by atoms with van der Waals surface area (Å²) in [6.45, 7) is 3.65. The van der Waals surface area contributed by atoms with Gasteiger partial charge in [0, 0.05) is 31.0 Å². The van der Waals surface area contributed by atoms with Crippen LogP contribution in [0.15, 0.2) is 54.6 Å². The van der Waals surface area contributed by atoms with E-state index in [1.165, 1.54) is 0 Å². The minimum absolute atomic E-state index is 0.153. The summed E-state index contributed by atoms with van der Waals surface area (Å²) in [4.78, 5) is 19.6. The number of pyridine rings is 1. The molecule has 2 aliphatic heterocycles. The number of rotatable bonds is 5. The van der Waals surface area contributed by atoms with Gasteiger partial charge in [0.1, 0.15) is 18.2 Å². The zero-order valence-corrected chi connectivity index (χ0v) is 18.8. The molecule has 0 atom stereocenters. The molecule has 0 spiro atoms. The highest BCUT2D eigenvalue weighted by Gasteiger charge is 2.35. The van der Waals surface area contributed by atoms with E-state index in [0.717, 1.165) is 22.4 Å². The van der Waals surface area contributed by atoms with E-state index in [9.17, 15) is 4.79 Å². The van der Waals surface area contributed by atoms with Crippen LogP contribution in [0.2, 0.25) is 0 Å². The average Bonchev–Trinajstić information content (AvgIpc) is 3.16. The van der Waals surface area contributed by atoms with Gasteiger partial charge in [-0.25, -0.2) is 0 Å². The van der Waals surface area contributed by atoms with Crippen molar-refractivity contribution in [2.75, 3.05) is 21.0 Å². The van der Waals surface area contributed by atoms with E-state index in [0.29, 0.717) is 48.2 Å². The van der Waals surface area contributed by atoms with E-state index < -0.39 is 0 Å². The van der Waals surface area contributed by atoms with Crippen molar-refractivity contribution in [1.29, 1.82) is 0 Å². The lowest BCUT2D eigenvalue weighted by atomic mass is 9.98. The lowest BCUT2D eigenvalue weighted by Crippen LogP contribution is -2.31. The van der Waals surface area contributed by atoms with Gasteiger partial charge in [0.2, 0.25) is 5.78 Å². The van der Waals surface area contributed by atoms with Crippen LogP contribution in [0, 0.1) is 6.92 Å². The third-order valence-electron chi connectivity index (χ3n) is 5.84. The highest BCUT2D eigenvalue weighted by atomic mass is 16.5. The third kappa shape index (κ3) is 3.81. The Morgan fingerprint density at radius 3 is 2.82 bits per heavy atom. The number of fused-ring (bicyclic) bond motifs is 3. The van der Waals surface area contributed by atoms with Crippen LogP contribution in [0.4, 0.5) is 0 Å². The lowest BCUT2D eigenvalue weighted by Gasteiger charge is -2.30. The Balaban J connectivity index is 1.49. The second-order valence-corrected chi connectivity index (χ2v) is 8.02. The molecule has 3 aromatic rings. The van der Waals surface area contributed by atoms with Crippen LogP contribution in [0.1, 0.15) is 32.6 Å². The summed E-state index contributed by atoms with van der Waals surface area (Å²) < 4.78 is 23.1. The van der Waals surface area contributed by atoms with Crippen molar-refractivity contribution in [1.82, 2.24) is 9.88 Å². The predicted molar refractivity (Wildman–Crippen MR) is 123 cm³/mol. The minimum Gasteiger partial charge on any atom is -0.493 e. The fraction of sp³-hybridized carbons (Fsp3) is 0.231. The molecule has 1 aromatic heterocycles. The maximum Gasteiger partial charge on any atom is 0.232 e. The normalized spacial score (nSPS) is 16.1. The maximum absolute atomic E-state index is 13.3. The molecule has 7 nitrogen and oxygen atoms in total. The second-order valence-electron chi connectivity index (χ2n) is 8.02. The SMILES string of the molecule is COc1cccc(/C=C2\Oc3c4c(cc(C)c3C2=O)OCN(Cc2cccnc2)C4)c1OC. The number of nitrogens with zero attached hydrogens (tertiary/aromatic N) is 2. The van der Waals surface area contributed by atoms with Gasteiger partial charge in [0.15, 0.2) is 17.3 Å². The van der Waals surface area contributed by atoms with Gasteiger partial charge in [0.25, 0.3) is 0 Å². The molecule has 168 valence electrons. The molecule has 0 bridgehead atoms. The summed E-state index contributed by atoms with van der Waals surface area (Å²) in [6.07, 6.45) is 5.30. The van der Waals surface area contributed by atoms with Gasteiger partial charge in [-0.05, 0) is 42.3 Å². The molecule has 0 saturated carbocycles. The van der Waals surface area contributed by atoms with Crippen molar-refractivity contribution in [2.45, 2.75) is 20.0 Å². The zero-order valence-electron chi connectivity index (χ0n) is 18.8. The number of para-hydroxylation sites is 1. The first-order chi connectivity index (χ1) is 16.1. The molecule has 7 heteroatoms. The van der Waals surface area contributed by atoms with Gasteiger partial charge in [-0.2, -0.15) is 0 Å². The molecule has 2 aromatic carbocycles. The van der Waals surface area contributed by atoms with Crippen molar-refractivity contribution < 1.29 is 23.7 Å². The van der Waals surface area contributed by atoms with E-state index in [2.05, 4.69) is 9.88 Å². The number of ether oxygens (including phenoxy) is 4. The first kappa shape index (κ1) is 21.0. The molecule has 0 unspecified atom stereocenters. The molecule has 2 aliphatic rings. The highest BCUT2D eigenvalue weighted by molar-refractivity contribution is 6.16. The second kappa shape index (κ2) is 8.60. The molecule has 33 heavy (non-hydrogen) atoms. The monoisotopic (exact) mass is 444 g/mol. The van der Waals surface area contributed by atoms with Crippen molar-refractivity contribution >= 4 is 11.9 Å². The number of hydrogen-bond acceptors (Lipinski definition) is 7. The summed E-state index contributed by atoms with van der Waals surface area (Å²) in [7, 11) is 3.15. The van der Waals surface area contributed by atoms with Gasteiger partial charge < -0.3 is 18.9 Å². The number of aromatic nitrogens is 1. The number of methoxy groups -OCH3 is 2. The molecule has 0 N–H and O–H groups in total. The fourth-order valence-electron chi connectivity index (χ4n) is 4.29. The highest BCUT2D eigenvalue weighted by Crippen LogP contribution is 2.44. The van der Waals surface area contributed by atoms with Crippen LogP contribution in [0.25, 0.3) is 6.08 Å². The summed E-state index contributed by atoms with van der Waals surface area (Å²) in [6, 6.07) is 11.4. The first-order valence-electron chi connectivity index (χ1n) is 10.6. The van der Waals surface area contributed by atoms with Crippen LogP contribution in [0.5, 0.6) is 23.0 Å². The number of hydrogen-bond donors (Lipinski definition) is 0. The quantitative estimate of drug-likeness (QED) is 0.541. The van der Waals surface area contributed by atoms with Crippen molar-refractivity contribution in [3.05, 3.63) is 82.4 Å². The molecule has 0 fully saturated rings. The number of Topliss-reactive ketones (excluding diaryl/α,β-unsaturated/α-hetero) is 1. The van der Waals surface area contributed by atoms with E-state index in [4.69, 9.17) is 18.9 Å². The number of carbonyl (C=O) groups is 1. The van der Waals surface area contributed by atoms with Crippen LogP contribution in [-0.2, 0) is 13.1 Å². The summed E-state index contributed by atoms with van der Waals surface area (Å²) in [5.41, 5.74) is 4.08. The smallest absolute Gasteiger partial charge is 0.232 e. The molecule has 0 saturated heterocycles. The third-order valence-corrected chi connectivity index (χ3v) is 5.84. The van der Waals surface area contributed by atoms with Crippen LogP contribution >= 0.6 is 0 Å². The van der Waals surface area contributed by atoms with Gasteiger partial charge >= 0.3 is 0 Å². The molecule has 5 rings (SSSR count). The minimum atomic E-state index is -0.153. The fourth-order valence-corrected chi connectivity index (χ4v) is 4.29. The number of aryl methyl sites for hydroxylation is 1. The molecular formula is C26H24N2O5. The molecular weight excluding hydrogens is 420 g/mol. The number of benzene rings is 2. The Kier molecular flexibility index (Phi) is 5.48. The predicted octanol–water partition coefficient (Wildman–Crippen LogP) is 4.38. The van der Waals surface area contributed by atoms with Crippen LogP contribution < -0.4 is 18.9 Å². The zero-order chi connectivity index (χ0) is 22.9. The summed E-state index contributed by atoms with van der Waals surface area (Å²) >= 11 is 0. The summed E-state index contributed by atoms with van der Waals surface area (Å²) in [5, 5.41) is 0. The Morgan fingerprint density at radius 1 is 1.18 bits per heavy atom. The van der Waals surface area contributed by atoms with Gasteiger partial charge in [-0.15, -0.1) is 0 Å². The Bertz CT molecular complexity index is 1250.